The van der Waals surface area contributed by atoms with Crippen LogP contribution in [0.3, 0.4) is 0 Å². The Bertz CT molecular complexity index is 854. The Labute approximate surface area is 168 Å². The molecule has 2 aromatic heterocycles. The number of nitrogens with zero attached hydrogens (tertiary/aromatic N) is 6. The molecular weight excluding hydrogens is 396 g/mol. The van der Waals surface area contributed by atoms with Crippen LogP contribution >= 0.6 is 23.5 Å². The van der Waals surface area contributed by atoms with Crippen LogP contribution in [-0.4, -0.2) is 50.1 Å². The quantitative estimate of drug-likeness (QED) is 0.397. The summed E-state index contributed by atoms with van der Waals surface area (Å²) in [4.78, 5) is 17.2. The number of ether oxygens (including phenoxy) is 1. The molecule has 1 fully saturated rings. The maximum atomic E-state index is 5.81. The van der Waals surface area contributed by atoms with Crippen LogP contribution in [0.2, 0.25) is 25.7 Å². The van der Waals surface area contributed by atoms with Crippen molar-refractivity contribution in [2.75, 3.05) is 12.5 Å². The van der Waals surface area contributed by atoms with Gasteiger partial charge in [-0.25, -0.2) is 15.0 Å². The summed E-state index contributed by atoms with van der Waals surface area (Å²) in [5.41, 5.74) is 1.67. The molecule has 10 heteroatoms. The van der Waals surface area contributed by atoms with Crippen LogP contribution in [0.1, 0.15) is 18.4 Å². The predicted molar refractivity (Wildman–Crippen MR) is 112 cm³/mol. The zero-order valence-corrected chi connectivity index (χ0v) is 18.3. The molecule has 142 valence electrons. The first kappa shape index (κ1) is 19.0. The summed E-state index contributed by atoms with van der Waals surface area (Å²) in [6.07, 6.45) is 5.03. The number of hydrogen-bond acceptors (Lipinski definition) is 9. The third-order valence-electron chi connectivity index (χ3n) is 4.46. The fourth-order valence-electron chi connectivity index (χ4n) is 2.70. The molecule has 1 saturated carbocycles. The van der Waals surface area contributed by atoms with Crippen molar-refractivity contribution in [2.45, 2.75) is 49.1 Å². The van der Waals surface area contributed by atoms with Crippen LogP contribution in [0.15, 0.2) is 28.7 Å². The summed E-state index contributed by atoms with van der Waals surface area (Å²) < 4.78 is 6.83. The largest absolute Gasteiger partial charge is 0.371 e. The number of aliphatic imine (C=N–C) groups is 1. The molecule has 1 aliphatic heterocycles. The monoisotopic (exact) mass is 418 g/mol. The van der Waals surface area contributed by atoms with E-state index in [4.69, 9.17) is 9.73 Å². The number of aromatic nitrogens is 5. The van der Waals surface area contributed by atoms with Crippen LogP contribution in [0.5, 0.6) is 0 Å². The molecule has 1 spiro atoms. The van der Waals surface area contributed by atoms with Gasteiger partial charge in [0.1, 0.15) is 27.8 Å². The van der Waals surface area contributed by atoms with Crippen molar-refractivity contribution >= 4 is 36.0 Å². The van der Waals surface area contributed by atoms with Crippen molar-refractivity contribution in [1.82, 2.24) is 25.1 Å². The van der Waals surface area contributed by atoms with E-state index < -0.39 is 8.07 Å². The lowest BCUT2D eigenvalue weighted by Crippen LogP contribution is -2.21. The maximum Gasteiger partial charge on any atom is 0.183 e. The molecule has 0 unspecified atom stereocenters. The van der Waals surface area contributed by atoms with E-state index in [1.54, 1.807) is 23.5 Å². The second-order valence-corrected chi connectivity index (χ2v) is 15.7. The minimum atomic E-state index is -1.04. The van der Waals surface area contributed by atoms with E-state index in [2.05, 4.69) is 44.8 Å². The summed E-state index contributed by atoms with van der Waals surface area (Å²) >= 11 is 3.24. The topological polar surface area (TPSA) is 86.0 Å². The second kappa shape index (κ2) is 7.57. The van der Waals surface area contributed by atoms with Gasteiger partial charge in [0.25, 0.3) is 0 Å². The molecule has 2 aliphatic rings. The Kier molecular flexibility index (Phi) is 5.32. The van der Waals surface area contributed by atoms with Gasteiger partial charge >= 0.3 is 0 Å². The van der Waals surface area contributed by atoms with Crippen molar-refractivity contribution < 1.29 is 4.74 Å². The van der Waals surface area contributed by atoms with Crippen LogP contribution in [0.4, 0.5) is 0 Å². The Morgan fingerprint density at radius 2 is 1.96 bits per heavy atom. The van der Waals surface area contributed by atoms with E-state index in [1.165, 1.54) is 18.7 Å². The van der Waals surface area contributed by atoms with E-state index in [0.29, 0.717) is 17.5 Å². The van der Waals surface area contributed by atoms with Crippen LogP contribution in [-0.2, 0) is 10.3 Å². The molecule has 27 heavy (non-hydrogen) atoms. The highest BCUT2D eigenvalue weighted by atomic mass is 32.2. The van der Waals surface area contributed by atoms with E-state index in [9.17, 15) is 0 Å². The summed E-state index contributed by atoms with van der Waals surface area (Å²) in [5, 5.41) is 9.69. The third kappa shape index (κ3) is 4.56. The molecule has 3 heterocycles. The minimum Gasteiger partial charge on any atom is -0.371 e. The first-order chi connectivity index (χ1) is 13.0. The molecule has 0 atom stereocenters. The van der Waals surface area contributed by atoms with E-state index >= 15 is 0 Å². The Balaban J connectivity index is 1.43. The average molecular weight is 419 g/mol. The highest BCUT2D eigenvalue weighted by Crippen LogP contribution is 2.56. The third-order valence-corrected chi connectivity index (χ3v) is 8.15. The fraction of sp³-hybridized carbons (Fsp3) is 0.529. The van der Waals surface area contributed by atoms with Crippen molar-refractivity contribution in [3.8, 4) is 11.5 Å². The summed E-state index contributed by atoms with van der Waals surface area (Å²) in [6, 6.07) is 3.22. The lowest BCUT2D eigenvalue weighted by Gasteiger charge is -2.22. The number of fused-ring (bicyclic) bond motifs is 2. The van der Waals surface area contributed by atoms with Crippen molar-refractivity contribution in [3.63, 3.8) is 0 Å². The number of rotatable bonds is 6. The number of hydrogen-bond donors (Lipinski definition) is 0. The van der Waals surface area contributed by atoms with E-state index in [-0.39, 0.29) is 5.54 Å². The highest BCUT2D eigenvalue weighted by Gasteiger charge is 2.49. The number of thioether (sulfide) groups is 2. The summed E-state index contributed by atoms with van der Waals surface area (Å²) in [6.45, 7) is 7.92. The highest BCUT2D eigenvalue weighted by molar-refractivity contribution is 8.38. The van der Waals surface area contributed by atoms with Crippen LogP contribution in [0, 0.1) is 0 Å². The molecule has 1 aliphatic carbocycles. The Morgan fingerprint density at radius 3 is 2.67 bits per heavy atom. The molecule has 0 radical (unpaired) electrons. The molecule has 7 nitrogen and oxygen atoms in total. The molecule has 0 N–H and O–H groups in total. The molecule has 0 bridgehead atoms. The first-order valence-electron chi connectivity index (χ1n) is 8.94. The van der Waals surface area contributed by atoms with Crippen LogP contribution < -0.4 is 0 Å². The Morgan fingerprint density at radius 1 is 1.19 bits per heavy atom. The Hall–Kier alpha value is -1.36. The van der Waals surface area contributed by atoms with Gasteiger partial charge in [-0.2, -0.15) is 0 Å². The first-order valence-corrected chi connectivity index (χ1v) is 14.5. The van der Waals surface area contributed by atoms with Gasteiger partial charge in [-0.05, 0) is 36.7 Å². The van der Waals surface area contributed by atoms with E-state index in [1.807, 2.05) is 6.07 Å². The normalized spacial score (nSPS) is 17.5. The van der Waals surface area contributed by atoms with Gasteiger partial charge in [-0.15, -0.1) is 10.2 Å². The summed E-state index contributed by atoms with van der Waals surface area (Å²) in [5.74, 6) is 1.18. The molecule has 0 aromatic carbocycles. The molecule has 4 rings (SSSR count). The molecule has 0 saturated heterocycles. The van der Waals surface area contributed by atoms with Gasteiger partial charge in [-0.1, -0.05) is 31.4 Å². The van der Waals surface area contributed by atoms with Gasteiger partial charge in [0.2, 0.25) is 0 Å². The van der Waals surface area contributed by atoms with Crippen molar-refractivity contribution in [2.24, 2.45) is 4.99 Å². The minimum absolute atomic E-state index is 0.140. The standard InChI is InChI=1S/C17H22N6OS2Si/c1-27(2,3)7-6-24-11-25-16-21-17(4-5-17)12-8-13(22-23-15(12)26-16)14-19-9-18-10-20-14/h8-10H,4-7,11H2,1-3H3. The fourth-order valence-corrected chi connectivity index (χ4v) is 5.44. The van der Waals surface area contributed by atoms with Gasteiger partial charge in [0.05, 0.1) is 11.5 Å². The van der Waals surface area contributed by atoms with Gasteiger partial charge in [0, 0.05) is 20.2 Å². The van der Waals surface area contributed by atoms with Gasteiger partial charge < -0.3 is 4.74 Å². The zero-order chi connectivity index (χ0) is 18.9. The van der Waals surface area contributed by atoms with Crippen molar-refractivity contribution in [3.05, 3.63) is 24.3 Å². The molecule has 2 aromatic rings. The lowest BCUT2D eigenvalue weighted by atomic mass is 10.1. The second-order valence-electron chi connectivity index (χ2n) is 7.90. The summed E-state index contributed by atoms with van der Waals surface area (Å²) in [7, 11) is -1.04. The zero-order valence-electron chi connectivity index (χ0n) is 15.7. The van der Waals surface area contributed by atoms with Crippen molar-refractivity contribution in [1.29, 1.82) is 0 Å². The maximum absolute atomic E-state index is 5.81. The van der Waals surface area contributed by atoms with Gasteiger partial charge in [0.15, 0.2) is 5.82 Å². The van der Waals surface area contributed by atoms with E-state index in [0.717, 1.165) is 34.4 Å². The molecular formula is C17H22N6OS2Si. The smallest absolute Gasteiger partial charge is 0.183 e. The van der Waals surface area contributed by atoms with Crippen LogP contribution in [0.25, 0.3) is 11.5 Å². The average Bonchev–Trinajstić information content (AvgIpc) is 3.41. The van der Waals surface area contributed by atoms with Gasteiger partial charge in [-0.3, -0.25) is 4.99 Å². The SMILES string of the molecule is C[Si](C)(C)CCOCSC1=NC2(CC2)c2cc(-c3ncncn3)nnc2S1. The predicted octanol–water partition coefficient (Wildman–Crippen LogP) is 3.82. The lowest BCUT2D eigenvalue weighted by molar-refractivity contribution is 0.198. The molecule has 0 amide bonds.